The first kappa shape index (κ1) is 28.2. The molecule has 198 valence electrons. The van der Waals surface area contributed by atoms with Crippen LogP contribution in [0.1, 0.15) is 17.5 Å². The number of hydrogen-bond acceptors (Lipinski definition) is 6. The zero-order chi connectivity index (χ0) is 26.7. The highest BCUT2D eigenvalue weighted by Gasteiger charge is 2.24. The molecule has 0 saturated carbocycles. The topological polar surface area (TPSA) is 108 Å². The molecule has 8 nitrogen and oxygen atoms in total. The molecule has 0 aliphatic heterocycles. The fourth-order valence-electron chi connectivity index (χ4n) is 3.88. The molecular formula is C28H35N3O5S. The van der Waals surface area contributed by atoms with E-state index in [1.807, 2.05) is 54.6 Å². The third-order valence-electron chi connectivity index (χ3n) is 6.05. The minimum atomic E-state index is -3.69. The van der Waals surface area contributed by atoms with E-state index in [0.29, 0.717) is 18.7 Å². The summed E-state index contributed by atoms with van der Waals surface area (Å²) in [4.78, 5) is 12.8. The lowest BCUT2D eigenvalue weighted by atomic mass is 10.0. The largest absolute Gasteiger partial charge is 0.497 e. The third kappa shape index (κ3) is 8.89. The molecule has 0 bridgehead atoms. The smallest absolute Gasteiger partial charge is 0.235 e. The number of carbonyl (C=O) groups is 1. The fourth-order valence-corrected chi connectivity index (χ4v) is 5.04. The van der Waals surface area contributed by atoms with Crippen molar-refractivity contribution in [3.63, 3.8) is 0 Å². The number of para-hydroxylation sites is 1. The Labute approximate surface area is 219 Å². The van der Waals surface area contributed by atoms with E-state index in [-0.39, 0.29) is 18.7 Å². The summed E-state index contributed by atoms with van der Waals surface area (Å²) in [5, 5.41) is 17.0. The van der Waals surface area contributed by atoms with Crippen LogP contribution in [0, 0.1) is 0 Å². The second-order valence-corrected chi connectivity index (χ2v) is 10.9. The first-order chi connectivity index (χ1) is 17.8. The van der Waals surface area contributed by atoms with Crippen molar-refractivity contribution in [2.24, 2.45) is 0 Å². The van der Waals surface area contributed by atoms with Gasteiger partial charge in [0.15, 0.2) is 0 Å². The minimum Gasteiger partial charge on any atom is -0.497 e. The maximum Gasteiger partial charge on any atom is 0.235 e. The van der Waals surface area contributed by atoms with Gasteiger partial charge in [-0.3, -0.25) is 9.10 Å². The zero-order valence-corrected chi connectivity index (χ0v) is 22.0. The number of nitrogens with zero attached hydrogens (tertiary/aromatic N) is 1. The van der Waals surface area contributed by atoms with Crippen LogP contribution in [0.2, 0.25) is 0 Å². The van der Waals surface area contributed by atoms with Crippen molar-refractivity contribution in [2.45, 2.75) is 31.5 Å². The van der Waals surface area contributed by atoms with Crippen molar-refractivity contribution in [3.8, 4) is 5.75 Å². The predicted molar refractivity (Wildman–Crippen MR) is 146 cm³/mol. The first-order valence-electron chi connectivity index (χ1n) is 12.1. The van der Waals surface area contributed by atoms with E-state index < -0.39 is 28.1 Å². The Morgan fingerprint density at radius 3 is 2.30 bits per heavy atom. The minimum absolute atomic E-state index is 0.214. The van der Waals surface area contributed by atoms with Gasteiger partial charge < -0.3 is 20.5 Å². The van der Waals surface area contributed by atoms with Crippen molar-refractivity contribution < 1.29 is 23.1 Å². The Kier molecular flexibility index (Phi) is 10.5. The van der Waals surface area contributed by atoms with Crippen LogP contribution in [-0.2, 0) is 27.8 Å². The summed E-state index contributed by atoms with van der Waals surface area (Å²) in [7, 11) is -0.607. The van der Waals surface area contributed by atoms with E-state index in [0.717, 1.165) is 16.9 Å². The highest BCUT2D eigenvalue weighted by Crippen LogP contribution is 2.16. The molecule has 0 fully saturated rings. The molecule has 37 heavy (non-hydrogen) atoms. The number of anilines is 1. The molecule has 0 spiro atoms. The number of hydrogen-bond donors (Lipinski definition) is 3. The van der Waals surface area contributed by atoms with Gasteiger partial charge in [-0.1, -0.05) is 60.7 Å². The fraction of sp³-hybridized carbons (Fsp3) is 0.321. The van der Waals surface area contributed by atoms with Gasteiger partial charge >= 0.3 is 0 Å². The molecule has 0 unspecified atom stereocenters. The van der Waals surface area contributed by atoms with E-state index in [1.54, 1.807) is 37.4 Å². The molecule has 1 amide bonds. The van der Waals surface area contributed by atoms with E-state index in [9.17, 15) is 18.3 Å². The molecule has 0 aromatic heterocycles. The van der Waals surface area contributed by atoms with Crippen LogP contribution in [0.3, 0.4) is 0 Å². The molecule has 0 radical (unpaired) electrons. The number of rotatable bonds is 14. The van der Waals surface area contributed by atoms with Crippen LogP contribution < -0.4 is 19.7 Å². The molecule has 9 heteroatoms. The molecule has 3 rings (SSSR count). The van der Waals surface area contributed by atoms with Gasteiger partial charge in [-0.05, 0) is 41.8 Å². The summed E-state index contributed by atoms with van der Waals surface area (Å²) < 4.78 is 31.9. The van der Waals surface area contributed by atoms with E-state index in [1.165, 1.54) is 11.4 Å². The first-order valence-corrected chi connectivity index (χ1v) is 13.8. The van der Waals surface area contributed by atoms with Crippen molar-refractivity contribution in [1.29, 1.82) is 0 Å². The standard InChI is InChI=1S/C28H35N3O5S/c1-31(24-13-7-4-8-14-24)37(34,35)17-16-28(33)30-26(19-22-10-5-3-6-11-22)27(32)21-29-20-23-12-9-15-25(18-23)36-2/h3-15,18,26-27,29,32H,16-17,19-21H2,1-2H3,(H,30,33)/t26-,27-/m0/s1. The van der Waals surface area contributed by atoms with Gasteiger partial charge in [-0.2, -0.15) is 0 Å². The Hall–Kier alpha value is -3.40. The number of benzene rings is 3. The number of nitrogens with one attached hydrogen (secondary N) is 2. The van der Waals surface area contributed by atoms with Crippen LogP contribution in [0.15, 0.2) is 84.9 Å². The number of sulfonamides is 1. The van der Waals surface area contributed by atoms with Gasteiger partial charge in [0.1, 0.15) is 5.75 Å². The van der Waals surface area contributed by atoms with Crippen LogP contribution in [0.4, 0.5) is 5.69 Å². The second kappa shape index (κ2) is 13.8. The maximum absolute atomic E-state index is 12.8. The number of aliphatic hydroxyl groups excluding tert-OH is 1. The monoisotopic (exact) mass is 525 g/mol. The lowest BCUT2D eigenvalue weighted by molar-refractivity contribution is -0.122. The number of amides is 1. The number of ether oxygens (including phenoxy) is 1. The molecule has 0 aliphatic rings. The van der Waals surface area contributed by atoms with E-state index in [2.05, 4.69) is 10.6 Å². The maximum atomic E-state index is 12.8. The molecule has 3 aromatic carbocycles. The molecule has 0 aliphatic carbocycles. The van der Waals surface area contributed by atoms with Crippen LogP contribution in [0.25, 0.3) is 0 Å². The average Bonchev–Trinajstić information content (AvgIpc) is 2.92. The van der Waals surface area contributed by atoms with Gasteiger partial charge in [-0.25, -0.2) is 8.42 Å². The summed E-state index contributed by atoms with van der Waals surface area (Å²) in [6.07, 6.45) is -0.696. The Morgan fingerprint density at radius 2 is 1.62 bits per heavy atom. The van der Waals surface area contributed by atoms with Crippen molar-refractivity contribution in [1.82, 2.24) is 10.6 Å². The molecule has 3 N–H and O–H groups in total. The Morgan fingerprint density at radius 1 is 0.973 bits per heavy atom. The molecule has 3 aromatic rings. The quantitative estimate of drug-likeness (QED) is 0.299. The SMILES string of the molecule is COc1cccc(CNC[C@H](O)[C@H](Cc2ccccc2)NC(=O)CCS(=O)(=O)N(C)c2ccccc2)c1. The third-order valence-corrected chi connectivity index (χ3v) is 7.82. The van der Waals surface area contributed by atoms with Gasteiger partial charge in [-0.15, -0.1) is 0 Å². The van der Waals surface area contributed by atoms with Gasteiger partial charge in [0.2, 0.25) is 15.9 Å². The number of aliphatic hydroxyl groups is 1. The van der Waals surface area contributed by atoms with Crippen molar-refractivity contribution >= 4 is 21.6 Å². The highest BCUT2D eigenvalue weighted by atomic mass is 32.2. The lowest BCUT2D eigenvalue weighted by Gasteiger charge is -2.25. The highest BCUT2D eigenvalue weighted by molar-refractivity contribution is 7.92. The summed E-state index contributed by atoms with van der Waals surface area (Å²) in [6, 6.07) is 25.3. The van der Waals surface area contributed by atoms with Gasteiger partial charge in [0.05, 0.1) is 30.7 Å². The number of carbonyl (C=O) groups excluding carboxylic acids is 1. The summed E-state index contributed by atoms with van der Waals surface area (Å²) in [5.41, 5.74) is 2.49. The normalized spacial score (nSPS) is 12.9. The Balaban J connectivity index is 1.59. The Bertz CT molecular complexity index is 1220. The van der Waals surface area contributed by atoms with Crippen LogP contribution >= 0.6 is 0 Å². The van der Waals surface area contributed by atoms with Crippen LogP contribution in [0.5, 0.6) is 5.75 Å². The summed E-state index contributed by atoms with van der Waals surface area (Å²) in [5.74, 6) is -0.0216. The van der Waals surface area contributed by atoms with Crippen LogP contribution in [-0.4, -0.2) is 58.0 Å². The van der Waals surface area contributed by atoms with E-state index in [4.69, 9.17) is 4.74 Å². The number of methoxy groups -OCH3 is 1. The van der Waals surface area contributed by atoms with Crippen molar-refractivity contribution in [3.05, 3.63) is 96.1 Å². The zero-order valence-electron chi connectivity index (χ0n) is 21.2. The molecule has 0 heterocycles. The molecule has 2 atom stereocenters. The molecule has 0 saturated heterocycles. The summed E-state index contributed by atoms with van der Waals surface area (Å²) in [6.45, 7) is 0.758. The average molecular weight is 526 g/mol. The lowest BCUT2D eigenvalue weighted by Crippen LogP contribution is -2.49. The van der Waals surface area contributed by atoms with E-state index >= 15 is 0 Å². The second-order valence-electron chi connectivity index (χ2n) is 8.78. The predicted octanol–water partition coefficient (Wildman–Crippen LogP) is 2.73. The summed E-state index contributed by atoms with van der Waals surface area (Å²) >= 11 is 0. The van der Waals surface area contributed by atoms with Crippen molar-refractivity contribution in [2.75, 3.05) is 30.8 Å². The molecular weight excluding hydrogens is 490 g/mol. The van der Waals surface area contributed by atoms with Gasteiger partial charge in [0, 0.05) is 26.6 Å². The van der Waals surface area contributed by atoms with Gasteiger partial charge in [0.25, 0.3) is 0 Å².